The highest BCUT2D eigenvalue weighted by Crippen LogP contribution is 2.34. The highest BCUT2D eigenvalue weighted by atomic mass is 16.5. The van der Waals surface area contributed by atoms with Crippen molar-refractivity contribution in [3.8, 4) is 5.75 Å². The molecule has 1 N–H and O–H groups in total. The normalized spacial score (nSPS) is 15.5. The second-order valence-electron chi connectivity index (χ2n) is 7.94. The minimum atomic E-state index is -0.282. The Labute approximate surface area is 184 Å². The number of anilines is 1. The van der Waals surface area contributed by atoms with Crippen molar-refractivity contribution >= 4 is 11.6 Å². The van der Waals surface area contributed by atoms with Crippen molar-refractivity contribution in [1.82, 2.24) is 4.90 Å². The van der Waals surface area contributed by atoms with Crippen LogP contribution in [0.25, 0.3) is 0 Å². The standard InChI is InChI=1S/C26H30N2O3/c1-2-3-4-5-8-17-30-21-15-13-20(14-16-21)25-27-24-12-7-6-11-23(24)26(29)28(25)19-22-10-9-18-31-22/h6-7,9-16,18,25,27H,2-5,8,17,19H2,1H3. The number of nitrogens with zero attached hydrogens (tertiary/aromatic N) is 1. The molecule has 0 saturated heterocycles. The molecule has 31 heavy (non-hydrogen) atoms. The number of rotatable bonds is 10. The molecule has 4 rings (SSSR count). The molecular formula is C26H30N2O3. The second-order valence-corrected chi connectivity index (χ2v) is 7.94. The molecule has 0 saturated carbocycles. The first kappa shape index (κ1) is 21.0. The lowest BCUT2D eigenvalue weighted by molar-refractivity contribution is 0.0651. The minimum absolute atomic E-state index is 0.0110. The van der Waals surface area contributed by atoms with Crippen LogP contribution in [0.4, 0.5) is 5.69 Å². The quantitative estimate of drug-likeness (QED) is 0.387. The first-order chi connectivity index (χ1) is 15.3. The molecule has 1 aromatic heterocycles. The van der Waals surface area contributed by atoms with E-state index in [4.69, 9.17) is 9.15 Å². The van der Waals surface area contributed by atoms with E-state index in [1.54, 1.807) is 6.26 Å². The summed E-state index contributed by atoms with van der Waals surface area (Å²) in [7, 11) is 0. The largest absolute Gasteiger partial charge is 0.494 e. The van der Waals surface area contributed by atoms with Gasteiger partial charge in [0.15, 0.2) is 0 Å². The van der Waals surface area contributed by atoms with Gasteiger partial charge in [-0.3, -0.25) is 4.79 Å². The molecule has 1 amide bonds. The van der Waals surface area contributed by atoms with E-state index in [0.29, 0.717) is 12.1 Å². The van der Waals surface area contributed by atoms with Crippen LogP contribution in [-0.4, -0.2) is 17.4 Å². The minimum Gasteiger partial charge on any atom is -0.494 e. The molecular weight excluding hydrogens is 388 g/mol. The van der Waals surface area contributed by atoms with Crippen LogP contribution in [0.3, 0.4) is 0 Å². The van der Waals surface area contributed by atoms with Crippen LogP contribution in [0, 0.1) is 0 Å². The summed E-state index contributed by atoms with van der Waals surface area (Å²) in [6.07, 6.45) is 7.45. The van der Waals surface area contributed by atoms with Crippen LogP contribution in [0.15, 0.2) is 71.3 Å². The maximum absolute atomic E-state index is 13.3. The number of nitrogens with one attached hydrogen (secondary N) is 1. The van der Waals surface area contributed by atoms with Crippen LogP contribution in [-0.2, 0) is 6.54 Å². The molecule has 5 heteroatoms. The molecule has 0 bridgehead atoms. The van der Waals surface area contributed by atoms with E-state index in [2.05, 4.69) is 12.2 Å². The van der Waals surface area contributed by atoms with Gasteiger partial charge >= 0.3 is 0 Å². The fraction of sp³-hybridized carbons (Fsp3) is 0.346. The number of hydrogen-bond acceptors (Lipinski definition) is 4. The highest BCUT2D eigenvalue weighted by molar-refractivity contribution is 6.01. The van der Waals surface area contributed by atoms with Gasteiger partial charge < -0.3 is 19.4 Å². The summed E-state index contributed by atoms with van der Waals surface area (Å²) in [4.78, 5) is 15.1. The molecule has 5 nitrogen and oxygen atoms in total. The Balaban J connectivity index is 1.47. The molecule has 162 valence electrons. The third-order valence-electron chi connectivity index (χ3n) is 5.64. The number of amides is 1. The second kappa shape index (κ2) is 10.2. The lowest BCUT2D eigenvalue weighted by Gasteiger charge is -2.37. The smallest absolute Gasteiger partial charge is 0.258 e. The Kier molecular flexibility index (Phi) is 6.92. The number of benzene rings is 2. The Hall–Kier alpha value is -3.21. The Morgan fingerprint density at radius 3 is 2.55 bits per heavy atom. The van der Waals surface area contributed by atoms with Gasteiger partial charge in [-0.2, -0.15) is 0 Å². The summed E-state index contributed by atoms with van der Waals surface area (Å²) >= 11 is 0. The van der Waals surface area contributed by atoms with Gasteiger partial charge in [0, 0.05) is 5.69 Å². The molecule has 0 spiro atoms. The number of ether oxygens (including phenoxy) is 1. The Bertz CT molecular complexity index is 967. The number of furan rings is 1. The summed E-state index contributed by atoms with van der Waals surface area (Å²) in [5.41, 5.74) is 2.53. The maximum Gasteiger partial charge on any atom is 0.258 e. The van der Waals surface area contributed by atoms with Gasteiger partial charge in [0.05, 0.1) is 25.0 Å². The average Bonchev–Trinajstić information content (AvgIpc) is 3.32. The Morgan fingerprint density at radius 2 is 1.77 bits per heavy atom. The zero-order valence-corrected chi connectivity index (χ0v) is 18.0. The molecule has 1 aliphatic heterocycles. The van der Waals surface area contributed by atoms with E-state index in [1.807, 2.05) is 65.6 Å². The third-order valence-corrected chi connectivity index (χ3v) is 5.64. The van der Waals surface area contributed by atoms with E-state index in [-0.39, 0.29) is 12.1 Å². The van der Waals surface area contributed by atoms with Crippen LogP contribution < -0.4 is 10.1 Å². The predicted octanol–water partition coefficient (Wildman–Crippen LogP) is 6.40. The lowest BCUT2D eigenvalue weighted by Crippen LogP contribution is -2.42. The third kappa shape index (κ3) is 5.10. The number of unbranched alkanes of at least 4 members (excludes halogenated alkanes) is 4. The van der Waals surface area contributed by atoms with Crippen molar-refractivity contribution in [2.45, 2.75) is 51.7 Å². The van der Waals surface area contributed by atoms with E-state index in [1.165, 1.54) is 25.7 Å². The summed E-state index contributed by atoms with van der Waals surface area (Å²) in [5, 5.41) is 3.52. The fourth-order valence-corrected chi connectivity index (χ4v) is 3.93. The SMILES string of the molecule is CCCCCCCOc1ccc(C2Nc3ccccc3C(=O)N2Cc2ccco2)cc1. The predicted molar refractivity (Wildman–Crippen MR) is 122 cm³/mol. The van der Waals surface area contributed by atoms with E-state index in [9.17, 15) is 4.79 Å². The molecule has 1 unspecified atom stereocenters. The van der Waals surface area contributed by atoms with E-state index in [0.717, 1.165) is 35.8 Å². The van der Waals surface area contributed by atoms with Crippen LogP contribution in [0.2, 0.25) is 0 Å². The monoisotopic (exact) mass is 418 g/mol. The van der Waals surface area contributed by atoms with Gasteiger partial charge in [0.25, 0.3) is 5.91 Å². The zero-order chi connectivity index (χ0) is 21.5. The van der Waals surface area contributed by atoms with Gasteiger partial charge in [-0.05, 0) is 48.4 Å². The van der Waals surface area contributed by atoms with Gasteiger partial charge in [-0.1, -0.05) is 56.9 Å². The Morgan fingerprint density at radius 1 is 0.968 bits per heavy atom. The summed E-state index contributed by atoms with van der Waals surface area (Å²) in [6, 6.07) is 19.4. The van der Waals surface area contributed by atoms with Gasteiger partial charge in [-0.25, -0.2) is 0 Å². The van der Waals surface area contributed by atoms with Gasteiger partial charge in [0.2, 0.25) is 0 Å². The van der Waals surface area contributed by atoms with Crippen LogP contribution in [0.5, 0.6) is 5.75 Å². The molecule has 1 atom stereocenters. The van der Waals surface area contributed by atoms with Crippen molar-refractivity contribution in [2.75, 3.05) is 11.9 Å². The molecule has 1 aliphatic rings. The topological polar surface area (TPSA) is 54.7 Å². The first-order valence-corrected chi connectivity index (χ1v) is 11.2. The van der Waals surface area contributed by atoms with Crippen molar-refractivity contribution < 1.29 is 13.9 Å². The lowest BCUT2D eigenvalue weighted by atomic mass is 10.0. The van der Waals surface area contributed by atoms with Crippen molar-refractivity contribution in [2.24, 2.45) is 0 Å². The van der Waals surface area contributed by atoms with E-state index < -0.39 is 0 Å². The van der Waals surface area contributed by atoms with Gasteiger partial charge in [0.1, 0.15) is 17.7 Å². The molecule has 0 fully saturated rings. The number of fused-ring (bicyclic) bond motifs is 1. The maximum atomic E-state index is 13.3. The number of para-hydroxylation sites is 1. The molecule has 0 radical (unpaired) electrons. The number of hydrogen-bond donors (Lipinski definition) is 1. The molecule has 2 aromatic carbocycles. The van der Waals surface area contributed by atoms with Crippen LogP contribution in [0.1, 0.15) is 66.9 Å². The van der Waals surface area contributed by atoms with Crippen LogP contribution >= 0.6 is 0 Å². The fourth-order valence-electron chi connectivity index (χ4n) is 3.93. The number of carbonyl (C=O) groups is 1. The summed E-state index contributed by atoms with van der Waals surface area (Å²) < 4.78 is 11.4. The number of carbonyl (C=O) groups excluding carboxylic acids is 1. The van der Waals surface area contributed by atoms with Crippen molar-refractivity contribution in [3.05, 3.63) is 83.8 Å². The van der Waals surface area contributed by atoms with Crippen molar-refractivity contribution in [1.29, 1.82) is 0 Å². The highest BCUT2D eigenvalue weighted by Gasteiger charge is 2.33. The zero-order valence-electron chi connectivity index (χ0n) is 18.0. The molecule has 0 aliphatic carbocycles. The van der Waals surface area contributed by atoms with Crippen molar-refractivity contribution in [3.63, 3.8) is 0 Å². The van der Waals surface area contributed by atoms with E-state index >= 15 is 0 Å². The molecule has 3 aromatic rings. The average molecular weight is 419 g/mol. The summed E-state index contributed by atoms with van der Waals surface area (Å²) in [5.74, 6) is 1.60. The first-order valence-electron chi connectivity index (χ1n) is 11.2. The summed E-state index contributed by atoms with van der Waals surface area (Å²) in [6.45, 7) is 3.36. The molecule has 2 heterocycles. The van der Waals surface area contributed by atoms with Gasteiger partial charge in [-0.15, -0.1) is 0 Å².